The number of anilines is 3. The summed E-state index contributed by atoms with van der Waals surface area (Å²) in [5, 5.41) is 4.16. The molecule has 130 valence electrons. The Morgan fingerprint density at radius 1 is 1.40 bits per heavy atom. The van der Waals surface area contributed by atoms with Crippen LogP contribution in [-0.4, -0.2) is 29.0 Å². The van der Waals surface area contributed by atoms with Crippen LogP contribution in [0.25, 0.3) is 10.8 Å². The second-order valence-electron chi connectivity index (χ2n) is 6.82. The number of hydrogen-bond donors (Lipinski definition) is 2. The lowest BCUT2D eigenvalue weighted by Crippen LogP contribution is -2.30. The predicted molar refractivity (Wildman–Crippen MR) is 94.0 cm³/mol. The first-order chi connectivity index (χ1) is 11.9. The summed E-state index contributed by atoms with van der Waals surface area (Å²) in [6, 6.07) is 5.48. The maximum absolute atomic E-state index is 13.0. The van der Waals surface area contributed by atoms with Crippen LogP contribution in [0, 0.1) is 5.92 Å². The van der Waals surface area contributed by atoms with Crippen molar-refractivity contribution in [2.75, 3.05) is 16.0 Å². The minimum absolute atomic E-state index is 0.0801. The Bertz CT molecular complexity index is 885. The van der Waals surface area contributed by atoms with E-state index < -0.39 is 12.1 Å². The van der Waals surface area contributed by atoms with Gasteiger partial charge in [0.1, 0.15) is 12.0 Å². The summed E-state index contributed by atoms with van der Waals surface area (Å²) < 4.78 is 13.0. The van der Waals surface area contributed by atoms with Gasteiger partial charge in [-0.15, -0.1) is 0 Å². The molecule has 2 fully saturated rings. The molecule has 1 saturated heterocycles. The number of carbonyl (C=O) groups is 2. The summed E-state index contributed by atoms with van der Waals surface area (Å²) >= 11 is 0. The van der Waals surface area contributed by atoms with Crippen LogP contribution in [-0.2, 0) is 9.59 Å². The Morgan fingerprint density at radius 2 is 2.16 bits per heavy atom. The molecule has 25 heavy (non-hydrogen) atoms. The molecule has 0 bridgehead atoms. The standard InChI is InChI=1S/C18H19FN4O2/c1-9-2-3-17(24)23(9)11-4-10-5-16(21-8-13(10)15(20)6-11)22-18(25)12-7-14(12)19/h4-6,8-9,12,14H,2-3,7,20H2,1H3,(H,21,22,25). The summed E-state index contributed by atoms with van der Waals surface area (Å²) in [6.45, 7) is 2.01. The Morgan fingerprint density at radius 3 is 2.80 bits per heavy atom. The summed E-state index contributed by atoms with van der Waals surface area (Å²) in [5.41, 5.74) is 7.40. The van der Waals surface area contributed by atoms with Crippen LogP contribution in [0.3, 0.4) is 0 Å². The molecular weight excluding hydrogens is 323 g/mol. The van der Waals surface area contributed by atoms with E-state index in [0.717, 1.165) is 22.9 Å². The van der Waals surface area contributed by atoms with Crippen LogP contribution in [0.5, 0.6) is 0 Å². The zero-order valence-electron chi connectivity index (χ0n) is 13.8. The number of nitrogens with one attached hydrogen (secondary N) is 1. The van der Waals surface area contributed by atoms with Crippen molar-refractivity contribution in [3.05, 3.63) is 24.4 Å². The summed E-state index contributed by atoms with van der Waals surface area (Å²) in [6.07, 6.45) is 2.15. The highest BCUT2D eigenvalue weighted by Crippen LogP contribution is 2.36. The van der Waals surface area contributed by atoms with E-state index in [9.17, 15) is 14.0 Å². The van der Waals surface area contributed by atoms with Gasteiger partial charge in [-0.05, 0) is 43.4 Å². The van der Waals surface area contributed by atoms with Crippen molar-refractivity contribution in [3.63, 3.8) is 0 Å². The second-order valence-corrected chi connectivity index (χ2v) is 6.82. The minimum Gasteiger partial charge on any atom is -0.398 e. The van der Waals surface area contributed by atoms with E-state index in [1.807, 2.05) is 13.0 Å². The number of nitrogens with two attached hydrogens (primary N) is 1. The average molecular weight is 342 g/mol. The van der Waals surface area contributed by atoms with Gasteiger partial charge in [0.25, 0.3) is 0 Å². The Hall–Kier alpha value is -2.70. The number of pyridine rings is 1. The third-order valence-corrected chi connectivity index (χ3v) is 4.92. The van der Waals surface area contributed by atoms with Crippen LogP contribution in [0.2, 0.25) is 0 Å². The Balaban J connectivity index is 1.68. The number of nitrogens with zero attached hydrogens (tertiary/aromatic N) is 2. The summed E-state index contributed by atoms with van der Waals surface area (Å²) in [7, 11) is 0. The van der Waals surface area contributed by atoms with Gasteiger partial charge in [0.15, 0.2) is 0 Å². The van der Waals surface area contributed by atoms with Crippen molar-refractivity contribution >= 4 is 39.8 Å². The number of amides is 2. The Kier molecular flexibility index (Phi) is 3.59. The highest BCUT2D eigenvalue weighted by molar-refractivity contribution is 6.03. The molecule has 7 heteroatoms. The number of fused-ring (bicyclic) bond motifs is 1. The smallest absolute Gasteiger partial charge is 0.231 e. The fraction of sp³-hybridized carbons (Fsp3) is 0.389. The lowest BCUT2D eigenvalue weighted by atomic mass is 10.1. The normalized spacial score (nSPS) is 25.4. The predicted octanol–water partition coefficient (Wildman–Crippen LogP) is 2.63. The topological polar surface area (TPSA) is 88.3 Å². The van der Waals surface area contributed by atoms with Gasteiger partial charge in [-0.3, -0.25) is 9.59 Å². The van der Waals surface area contributed by atoms with Crippen LogP contribution < -0.4 is 16.0 Å². The molecule has 2 aromatic rings. The molecule has 1 aromatic heterocycles. The Labute approximate surface area is 144 Å². The number of hydrogen-bond acceptors (Lipinski definition) is 4. The molecular formula is C18H19FN4O2. The quantitative estimate of drug-likeness (QED) is 0.839. The first kappa shape index (κ1) is 15.8. The molecule has 0 radical (unpaired) electrons. The summed E-state index contributed by atoms with van der Waals surface area (Å²) in [4.78, 5) is 30.0. The van der Waals surface area contributed by atoms with Crippen molar-refractivity contribution in [1.82, 2.24) is 4.98 Å². The fourth-order valence-electron chi connectivity index (χ4n) is 3.36. The van der Waals surface area contributed by atoms with Crippen molar-refractivity contribution in [2.24, 2.45) is 5.92 Å². The van der Waals surface area contributed by atoms with Crippen LogP contribution in [0.4, 0.5) is 21.6 Å². The maximum atomic E-state index is 13.0. The molecule has 1 aliphatic heterocycles. The van der Waals surface area contributed by atoms with Gasteiger partial charge in [-0.2, -0.15) is 0 Å². The highest BCUT2D eigenvalue weighted by atomic mass is 19.1. The van der Waals surface area contributed by atoms with Gasteiger partial charge < -0.3 is 16.0 Å². The lowest BCUT2D eigenvalue weighted by molar-refractivity contribution is -0.118. The van der Waals surface area contributed by atoms with E-state index in [2.05, 4.69) is 10.3 Å². The van der Waals surface area contributed by atoms with Gasteiger partial charge in [0.2, 0.25) is 11.8 Å². The molecule has 3 atom stereocenters. The first-order valence-corrected chi connectivity index (χ1v) is 8.40. The van der Waals surface area contributed by atoms with Crippen LogP contribution in [0.1, 0.15) is 26.2 Å². The molecule has 1 aliphatic carbocycles. The highest BCUT2D eigenvalue weighted by Gasteiger charge is 2.43. The molecule has 4 rings (SSSR count). The van der Waals surface area contributed by atoms with Gasteiger partial charge in [0, 0.05) is 35.4 Å². The van der Waals surface area contributed by atoms with Gasteiger partial charge >= 0.3 is 0 Å². The number of benzene rings is 1. The first-order valence-electron chi connectivity index (χ1n) is 8.40. The zero-order chi connectivity index (χ0) is 17.7. The van der Waals surface area contributed by atoms with E-state index in [1.54, 1.807) is 23.2 Å². The summed E-state index contributed by atoms with van der Waals surface area (Å²) in [5.74, 6) is -0.491. The molecule has 2 amide bonds. The number of rotatable bonds is 3. The lowest BCUT2D eigenvalue weighted by Gasteiger charge is -2.22. The molecule has 3 N–H and O–H groups in total. The van der Waals surface area contributed by atoms with Crippen molar-refractivity contribution in [2.45, 2.75) is 38.4 Å². The number of nitrogen functional groups attached to an aromatic ring is 1. The average Bonchev–Trinajstić information content (AvgIpc) is 3.20. The van der Waals surface area contributed by atoms with Gasteiger partial charge in [-0.25, -0.2) is 9.37 Å². The molecule has 1 aromatic carbocycles. The molecule has 6 nitrogen and oxygen atoms in total. The van der Waals surface area contributed by atoms with Gasteiger partial charge in [-0.1, -0.05) is 0 Å². The van der Waals surface area contributed by atoms with Crippen molar-refractivity contribution < 1.29 is 14.0 Å². The molecule has 0 spiro atoms. The van der Waals surface area contributed by atoms with E-state index in [4.69, 9.17) is 5.73 Å². The van der Waals surface area contributed by atoms with Crippen molar-refractivity contribution in [3.8, 4) is 0 Å². The number of carbonyl (C=O) groups excluding carboxylic acids is 2. The van der Waals surface area contributed by atoms with Crippen LogP contribution in [0.15, 0.2) is 24.4 Å². The monoisotopic (exact) mass is 342 g/mol. The zero-order valence-corrected chi connectivity index (χ0v) is 13.8. The second kappa shape index (κ2) is 5.68. The maximum Gasteiger partial charge on any atom is 0.231 e. The van der Waals surface area contributed by atoms with E-state index in [-0.39, 0.29) is 24.3 Å². The molecule has 2 heterocycles. The largest absolute Gasteiger partial charge is 0.398 e. The van der Waals surface area contributed by atoms with Crippen LogP contribution >= 0.6 is 0 Å². The third kappa shape index (κ3) is 2.79. The number of aromatic nitrogens is 1. The number of halogens is 1. The van der Waals surface area contributed by atoms with E-state index >= 15 is 0 Å². The van der Waals surface area contributed by atoms with E-state index in [1.165, 1.54) is 0 Å². The van der Waals surface area contributed by atoms with Gasteiger partial charge in [0.05, 0.1) is 5.92 Å². The SMILES string of the molecule is CC1CCC(=O)N1c1cc(N)c2cnc(NC(=O)C3CC3F)cc2c1. The molecule has 1 saturated carbocycles. The third-order valence-electron chi connectivity index (χ3n) is 4.92. The fourth-order valence-corrected chi connectivity index (χ4v) is 3.36. The molecule has 3 unspecified atom stereocenters. The molecule has 2 aliphatic rings. The number of alkyl halides is 1. The van der Waals surface area contributed by atoms with Crippen molar-refractivity contribution in [1.29, 1.82) is 0 Å². The van der Waals surface area contributed by atoms with E-state index in [0.29, 0.717) is 17.9 Å². The minimum atomic E-state index is -1.05.